The van der Waals surface area contributed by atoms with Crippen LogP contribution >= 0.6 is 23.2 Å². The second-order valence-corrected chi connectivity index (χ2v) is 9.97. The van der Waals surface area contributed by atoms with Crippen LogP contribution in [-0.4, -0.2) is 70.0 Å². The van der Waals surface area contributed by atoms with E-state index >= 15 is 0 Å². The molecule has 1 fully saturated rings. The van der Waals surface area contributed by atoms with Gasteiger partial charge >= 0.3 is 6.03 Å². The lowest BCUT2D eigenvalue weighted by Gasteiger charge is -2.34. The number of urea groups is 1. The third kappa shape index (κ3) is 5.83. The van der Waals surface area contributed by atoms with E-state index in [-0.39, 0.29) is 34.1 Å². The molecule has 31 heavy (non-hydrogen) atoms. The quantitative estimate of drug-likeness (QED) is 0.609. The molecule has 2 amide bonds. The molecular weight excluding hydrogens is 459 g/mol. The van der Waals surface area contributed by atoms with E-state index in [0.717, 1.165) is 18.7 Å². The number of benzene rings is 2. The minimum atomic E-state index is -3.82. The number of sulfonamides is 1. The minimum absolute atomic E-state index is 0.0845. The number of para-hydroxylation sites is 1. The predicted octanol–water partition coefficient (Wildman–Crippen LogP) is 3.54. The molecule has 1 heterocycles. The van der Waals surface area contributed by atoms with Crippen LogP contribution in [-0.2, 0) is 10.0 Å². The van der Waals surface area contributed by atoms with Gasteiger partial charge in [0.25, 0.3) is 0 Å². The van der Waals surface area contributed by atoms with Gasteiger partial charge in [-0.1, -0.05) is 47.5 Å². The molecule has 0 bridgehead atoms. The van der Waals surface area contributed by atoms with Gasteiger partial charge in [-0.25, -0.2) is 13.2 Å². The molecule has 2 aromatic carbocycles. The number of halogens is 2. The van der Waals surface area contributed by atoms with Crippen molar-refractivity contribution in [3.8, 4) is 0 Å². The van der Waals surface area contributed by atoms with E-state index in [4.69, 9.17) is 23.2 Å². The summed E-state index contributed by atoms with van der Waals surface area (Å²) in [6.45, 7) is 2.34. The number of hydrogen-bond acceptors (Lipinski definition) is 4. The smallest absolute Gasteiger partial charge is 0.317 e. The molecule has 1 aliphatic rings. The van der Waals surface area contributed by atoms with E-state index in [2.05, 4.69) is 10.2 Å². The maximum Gasteiger partial charge on any atom is 0.317 e. The maximum absolute atomic E-state index is 12.9. The summed E-state index contributed by atoms with van der Waals surface area (Å²) in [6, 6.07) is 14.5. The number of rotatable bonds is 7. The number of piperazine rings is 1. The molecule has 0 aliphatic carbocycles. The highest BCUT2D eigenvalue weighted by molar-refractivity contribution is 7.89. The number of hydrogen-bond donors (Lipinski definition) is 1. The third-order valence-corrected chi connectivity index (χ3v) is 8.04. The summed E-state index contributed by atoms with van der Waals surface area (Å²) in [5, 5.41) is 3.09. The molecule has 2 aromatic rings. The van der Waals surface area contributed by atoms with Gasteiger partial charge in [0.2, 0.25) is 10.0 Å². The Balaban J connectivity index is 1.45. The normalized spacial score (nSPS) is 15.0. The van der Waals surface area contributed by atoms with Gasteiger partial charge in [-0.15, -0.1) is 0 Å². The molecule has 0 radical (unpaired) electrons. The summed E-state index contributed by atoms with van der Waals surface area (Å²) >= 11 is 12.2. The first-order chi connectivity index (χ1) is 14.8. The van der Waals surface area contributed by atoms with Crippen molar-refractivity contribution in [1.82, 2.24) is 14.5 Å². The van der Waals surface area contributed by atoms with E-state index in [1.807, 2.05) is 37.4 Å². The molecule has 0 spiro atoms. The molecule has 3 rings (SSSR count). The first-order valence-corrected chi connectivity index (χ1v) is 12.2. The van der Waals surface area contributed by atoms with Gasteiger partial charge in [0.15, 0.2) is 0 Å². The van der Waals surface area contributed by atoms with Crippen LogP contribution in [0.25, 0.3) is 0 Å². The molecule has 10 heteroatoms. The molecule has 168 valence electrons. The van der Waals surface area contributed by atoms with Crippen molar-refractivity contribution in [3.05, 3.63) is 58.6 Å². The van der Waals surface area contributed by atoms with Crippen molar-refractivity contribution in [1.29, 1.82) is 0 Å². The predicted molar refractivity (Wildman–Crippen MR) is 125 cm³/mol. The molecule has 0 saturated carbocycles. The van der Waals surface area contributed by atoms with Gasteiger partial charge in [-0.05, 0) is 30.7 Å². The number of amides is 2. The fourth-order valence-electron chi connectivity index (χ4n) is 3.42. The van der Waals surface area contributed by atoms with Crippen molar-refractivity contribution in [3.63, 3.8) is 0 Å². The Labute approximate surface area is 193 Å². The number of anilines is 1. The topological polar surface area (TPSA) is 73.0 Å². The molecule has 7 nitrogen and oxygen atoms in total. The number of carbonyl (C=O) groups is 1. The standard InChI is InChI=1S/C21H26Cl2N4O3S/c1-25(17-7-3-2-4-8-17)12-6-11-24-21(28)26-13-15-27(16-14-26)31(29,30)20-18(22)9-5-10-19(20)23/h2-5,7-10H,6,11-16H2,1H3,(H,24,28). The minimum Gasteiger partial charge on any atom is -0.375 e. The highest BCUT2D eigenvalue weighted by Gasteiger charge is 2.32. The fraction of sp³-hybridized carbons (Fsp3) is 0.381. The van der Waals surface area contributed by atoms with Gasteiger partial charge in [0.1, 0.15) is 4.90 Å². The number of carbonyl (C=O) groups excluding carboxylic acids is 1. The Kier molecular flexibility index (Phi) is 8.05. The van der Waals surface area contributed by atoms with Crippen molar-refractivity contribution in [2.24, 2.45) is 0 Å². The summed E-state index contributed by atoms with van der Waals surface area (Å²) in [6.07, 6.45) is 0.802. The molecule has 0 aromatic heterocycles. The Bertz CT molecular complexity index is 977. The van der Waals surface area contributed by atoms with Crippen LogP contribution in [0.3, 0.4) is 0 Å². The van der Waals surface area contributed by atoms with E-state index < -0.39 is 10.0 Å². The average Bonchev–Trinajstić information content (AvgIpc) is 2.77. The van der Waals surface area contributed by atoms with Crippen LogP contribution in [0.4, 0.5) is 10.5 Å². The van der Waals surface area contributed by atoms with Crippen LogP contribution < -0.4 is 10.2 Å². The summed E-state index contributed by atoms with van der Waals surface area (Å²) < 4.78 is 27.2. The van der Waals surface area contributed by atoms with Gasteiger partial charge in [0, 0.05) is 52.0 Å². The second kappa shape index (κ2) is 10.5. The van der Waals surface area contributed by atoms with Gasteiger partial charge in [0.05, 0.1) is 10.0 Å². The second-order valence-electron chi connectivity index (χ2n) is 7.28. The van der Waals surface area contributed by atoms with E-state index in [1.165, 1.54) is 16.4 Å². The zero-order chi connectivity index (χ0) is 22.4. The SMILES string of the molecule is CN(CCCNC(=O)N1CCN(S(=O)(=O)c2c(Cl)cccc2Cl)CC1)c1ccccc1. The molecule has 1 N–H and O–H groups in total. The highest BCUT2D eigenvalue weighted by atomic mass is 35.5. The van der Waals surface area contributed by atoms with Gasteiger partial charge in [-0.3, -0.25) is 0 Å². The highest BCUT2D eigenvalue weighted by Crippen LogP contribution is 2.31. The molecule has 0 atom stereocenters. The Hall–Kier alpha value is -2.00. The van der Waals surface area contributed by atoms with Crippen LogP contribution in [0.1, 0.15) is 6.42 Å². The molecule has 1 aliphatic heterocycles. The fourth-order valence-corrected chi connectivity index (χ4v) is 5.94. The van der Waals surface area contributed by atoms with Crippen LogP contribution in [0.15, 0.2) is 53.4 Å². The van der Waals surface area contributed by atoms with E-state index in [0.29, 0.717) is 19.6 Å². The largest absolute Gasteiger partial charge is 0.375 e. The van der Waals surface area contributed by atoms with Crippen molar-refractivity contribution < 1.29 is 13.2 Å². The zero-order valence-corrected chi connectivity index (χ0v) is 19.6. The Morgan fingerprint density at radius 1 is 1.00 bits per heavy atom. The summed E-state index contributed by atoms with van der Waals surface area (Å²) in [4.78, 5) is 16.1. The molecular formula is C21H26Cl2N4O3S. The van der Waals surface area contributed by atoms with Crippen LogP contribution in [0.5, 0.6) is 0 Å². The first kappa shape index (κ1) is 23.7. The van der Waals surface area contributed by atoms with Gasteiger partial charge < -0.3 is 15.1 Å². The van der Waals surface area contributed by atoms with Crippen LogP contribution in [0.2, 0.25) is 10.0 Å². The first-order valence-electron chi connectivity index (χ1n) is 10.0. The monoisotopic (exact) mass is 484 g/mol. The van der Waals surface area contributed by atoms with Crippen molar-refractivity contribution in [2.45, 2.75) is 11.3 Å². The Morgan fingerprint density at radius 3 is 2.23 bits per heavy atom. The summed E-state index contributed by atoms with van der Waals surface area (Å²) in [5.41, 5.74) is 1.13. The molecule has 0 unspecified atom stereocenters. The molecule has 1 saturated heterocycles. The van der Waals surface area contributed by atoms with E-state index in [1.54, 1.807) is 11.0 Å². The Morgan fingerprint density at radius 2 is 1.61 bits per heavy atom. The maximum atomic E-state index is 12.9. The zero-order valence-electron chi connectivity index (χ0n) is 17.3. The lowest BCUT2D eigenvalue weighted by Crippen LogP contribution is -2.53. The number of nitrogens with one attached hydrogen (secondary N) is 1. The van der Waals surface area contributed by atoms with E-state index in [9.17, 15) is 13.2 Å². The summed E-state index contributed by atoms with van der Waals surface area (Å²) in [7, 11) is -1.81. The third-order valence-electron chi connectivity index (χ3n) is 5.19. The lowest BCUT2D eigenvalue weighted by molar-refractivity contribution is 0.172. The van der Waals surface area contributed by atoms with Crippen molar-refractivity contribution >= 4 is 44.9 Å². The lowest BCUT2D eigenvalue weighted by atomic mass is 10.3. The number of nitrogens with zero attached hydrogens (tertiary/aromatic N) is 3. The average molecular weight is 485 g/mol. The summed E-state index contributed by atoms with van der Waals surface area (Å²) in [5.74, 6) is 0. The van der Waals surface area contributed by atoms with Crippen molar-refractivity contribution in [2.75, 3.05) is 51.2 Å². The van der Waals surface area contributed by atoms with Crippen LogP contribution in [0, 0.1) is 0 Å². The van der Waals surface area contributed by atoms with Gasteiger partial charge in [-0.2, -0.15) is 4.31 Å².